The van der Waals surface area contributed by atoms with Gasteiger partial charge in [0.1, 0.15) is 22.6 Å². The topological polar surface area (TPSA) is 76.5 Å². The predicted octanol–water partition coefficient (Wildman–Crippen LogP) is 4.82. The summed E-state index contributed by atoms with van der Waals surface area (Å²) in [5, 5.41) is 8.46. The molecule has 4 aromatic rings. The number of para-hydroxylation sites is 2. The standard InChI is InChI=1S/C28H25FN4O3S/c1-18-25-26(27(35)30-16-19-8-6-7-11-23(19)36-2)32(21-14-12-20(29)13-15-21)24(34)17-37-28(25)33(31-18)22-9-4-3-5-10-22/h3-15,26H,16-17H2,1-2H3,(H,30,35)/t26-/m1/s1. The zero-order valence-electron chi connectivity index (χ0n) is 20.3. The Kier molecular flexibility index (Phi) is 6.96. The Bertz CT molecular complexity index is 1440. The van der Waals surface area contributed by atoms with Crippen LogP contribution in [0.5, 0.6) is 5.75 Å². The van der Waals surface area contributed by atoms with Crippen LogP contribution >= 0.6 is 11.8 Å². The smallest absolute Gasteiger partial charge is 0.248 e. The van der Waals surface area contributed by atoms with Gasteiger partial charge in [-0.2, -0.15) is 5.10 Å². The lowest BCUT2D eigenvalue weighted by Gasteiger charge is -2.29. The highest BCUT2D eigenvalue weighted by Gasteiger charge is 2.40. The van der Waals surface area contributed by atoms with Crippen LogP contribution in [0, 0.1) is 12.7 Å². The summed E-state index contributed by atoms with van der Waals surface area (Å²) < 4.78 is 20.9. The number of halogens is 1. The fourth-order valence-electron chi connectivity index (χ4n) is 4.46. The molecule has 0 saturated heterocycles. The van der Waals surface area contributed by atoms with E-state index >= 15 is 0 Å². The Hall–Kier alpha value is -4.11. The number of methoxy groups -OCH3 is 1. The molecular formula is C28H25FN4O3S. The molecule has 0 aliphatic carbocycles. The average molecular weight is 517 g/mol. The number of aryl methyl sites for hydroxylation is 1. The van der Waals surface area contributed by atoms with Gasteiger partial charge in [-0.1, -0.05) is 48.2 Å². The number of anilines is 1. The van der Waals surface area contributed by atoms with Crippen molar-refractivity contribution < 1.29 is 18.7 Å². The fourth-order valence-corrected chi connectivity index (χ4v) is 5.54. The summed E-state index contributed by atoms with van der Waals surface area (Å²) in [6, 6.07) is 21.6. The minimum Gasteiger partial charge on any atom is -0.496 e. The number of amides is 2. The summed E-state index contributed by atoms with van der Waals surface area (Å²) in [6.45, 7) is 2.04. The molecule has 7 nitrogen and oxygen atoms in total. The van der Waals surface area contributed by atoms with E-state index in [0.717, 1.165) is 16.3 Å². The lowest BCUT2D eigenvalue weighted by molar-refractivity contribution is -0.126. The van der Waals surface area contributed by atoms with Crippen molar-refractivity contribution in [2.75, 3.05) is 17.8 Å². The molecule has 9 heteroatoms. The van der Waals surface area contributed by atoms with Gasteiger partial charge in [0, 0.05) is 23.4 Å². The highest BCUT2D eigenvalue weighted by atomic mass is 32.2. The van der Waals surface area contributed by atoms with Gasteiger partial charge in [-0.15, -0.1) is 0 Å². The maximum absolute atomic E-state index is 13.9. The lowest BCUT2D eigenvalue weighted by Crippen LogP contribution is -2.44. The molecule has 1 atom stereocenters. The van der Waals surface area contributed by atoms with Crippen LogP contribution < -0.4 is 15.0 Å². The van der Waals surface area contributed by atoms with Gasteiger partial charge < -0.3 is 10.1 Å². The van der Waals surface area contributed by atoms with Crippen LogP contribution in [-0.4, -0.2) is 34.5 Å². The number of carbonyl (C=O) groups excluding carboxylic acids is 2. The highest BCUT2D eigenvalue weighted by molar-refractivity contribution is 8.00. The molecule has 1 aliphatic heterocycles. The summed E-state index contributed by atoms with van der Waals surface area (Å²) in [5.74, 6) is -0.309. The molecule has 0 bridgehead atoms. The minimum atomic E-state index is -1.00. The highest BCUT2D eigenvalue weighted by Crippen LogP contribution is 2.41. The summed E-state index contributed by atoms with van der Waals surface area (Å²) >= 11 is 1.34. The van der Waals surface area contributed by atoms with E-state index in [1.165, 1.54) is 40.9 Å². The molecule has 0 spiro atoms. The second kappa shape index (κ2) is 10.5. The third-order valence-electron chi connectivity index (χ3n) is 6.19. The number of hydrogen-bond acceptors (Lipinski definition) is 5. The van der Waals surface area contributed by atoms with Crippen molar-refractivity contribution in [2.45, 2.75) is 24.5 Å². The van der Waals surface area contributed by atoms with Crippen LogP contribution in [0.2, 0.25) is 0 Å². The quantitative estimate of drug-likeness (QED) is 0.398. The fraction of sp³-hybridized carbons (Fsp3) is 0.179. The molecule has 3 aromatic carbocycles. The summed E-state index contributed by atoms with van der Waals surface area (Å²) in [6.07, 6.45) is 0. The summed E-state index contributed by atoms with van der Waals surface area (Å²) in [5.41, 5.74) is 3.34. The van der Waals surface area contributed by atoms with Gasteiger partial charge in [0.25, 0.3) is 0 Å². The number of thioether (sulfide) groups is 1. The molecule has 188 valence electrons. The third kappa shape index (κ3) is 4.82. The van der Waals surface area contributed by atoms with Crippen molar-refractivity contribution in [3.8, 4) is 11.4 Å². The molecule has 2 amide bonds. The molecule has 2 heterocycles. The van der Waals surface area contributed by atoms with E-state index < -0.39 is 11.9 Å². The molecule has 1 aromatic heterocycles. The number of hydrogen-bond donors (Lipinski definition) is 1. The van der Waals surface area contributed by atoms with Gasteiger partial charge in [0.05, 0.1) is 24.2 Å². The third-order valence-corrected chi connectivity index (χ3v) is 7.25. The number of nitrogens with one attached hydrogen (secondary N) is 1. The first-order valence-electron chi connectivity index (χ1n) is 11.7. The zero-order chi connectivity index (χ0) is 25.9. The van der Waals surface area contributed by atoms with Gasteiger partial charge >= 0.3 is 0 Å². The first-order chi connectivity index (χ1) is 18.0. The maximum Gasteiger partial charge on any atom is 0.248 e. The van der Waals surface area contributed by atoms with E-state index in [2.05, 4.69) is 5.32 Å². The SMILES string of the molecule is COc1ccccc1CNC(=O)[C@H]1c2c(C)nn(-c3ccccc3)c2SCC(=O)N1c1ccc(F)cc1. The van der Waals surface area contributed by atoms with Crippen LogP contribution in [0.4, 0.5) is 10.1 Å². The minimum absolute atomic E-state index is 0.0959. The van der Waals surface area contributed by atoms with Gasteiger partial charge in [-0.05, 0) is 49.4 Å². The lowest BCUT2D eigenvalue weighted by atomic mass is 10.0. The number of fused-ring (bicyclic) bond motifs is 1. The number of aromatic nitrogens is 2. The molecule has 5 rings (SSSR count). The van der Waals surface area contributed by atoms with Crippen LogP contribution in [0.25, 0.3) is 5.69 Å². The van der Waals surface area contributed by atoms with E-state index in [1.807, 2.05) is 61.5 Å². The number of benzene rings is 3. The van der Waals surface area contributed by atoms with Crippen LogP contribution in [0.3, 0.4) is 0 Å². The van der Waals surface area contributed by atoms with Crippen molar-refractivity contribution in [2.24, 2.45) is 0 Å². The Balaban J connectivity index is 1.60. The molecule has 1 aliphatic rings. The monoisotopic (exact) mass is 516 g/mol. The van der Waals surface area contributed by atoms with Gasteiger partial charge in [0.15, 0.2) is 0 Å². The second-order valence-electron chi connectivity index (χ2n) is 8.51. The largest absolute Gasteiger partial charge is 0.496 e. The van der Waals surface area contributed by atoms with Crippen LogP contribution in [-0.2, 0) is 16.1 Å². The summed E-state index contributed by atoms with van der Waals surface area (Å²) in [7, 11) is 1.58. The van der Waals surface area contributed by atoms with E-state index in [-0.39, 0.29) is 24.1 Å². The molecule has 0 saturated carbocycles. The Morgan fingerprint density at radius 2 is 1.76 bits per heavy atom. The van der Waals surface area contributed by atoms with E-state index in [9.17, 15) is 14.0 Å². The van der Waals surface area contributed by atoms with E-state index in [4.69, 9.17) is 9.84 Å². The predicted molar refractivity (Wildman–Crippen MR) is 140 cm³/mol. The molecule has 0 radical (unpaired) electrons. The first-order valence-corrected chi connectivity index (χ1v) is 12.7. The van der Waals surface area contributed by atoms with Crippen molar-refractivity contribution in [1.29, 1.82) is 0 Å². The van der Waals surface area contributed by atoms with E-state index in [0.29, 0.717) is 22.7 Å². The van der Waals surface area contributed by atoms with Gasteiger partial charge in [-0.25, -0.2) is 9.07 Å². The van der Waals surface area contributed by atoms with E-state index in [1.54, 1.807) is 11.8 Å². The zero-order valence-corrected chi connectivity index (χ0v) is 21.2. The number of ether oxygens (including phenoxy) is 1. The molecule has 1 N–H and O–H groups in total. The van der Waals surface area contributed by atoms with Gasteiger partial charge in [0.2, 0.25) is 11.8 Å². The van der Waals surface area contributed by atoms with Crippen LogP contribution in [0.15, 0.2) is 83.9 Å². The van der Waals surface area contributed by atoms with Gasteiger partial charge in [-0.3, -0.25) is 14.5 Å². The Morgan fingerprint density at radius 3 is 2.49 bits per heavy atom. The first kappa shape index (κ1) is 24.6. The molecule has 37 heavy (non-hydrogen) atoms. The maximum atomic E-state index is 13.9. The number of carbonyl (C=O) groups is 2. The Morgan fingerprint density at radius 1 is 1.05 bits per heavy atom. The Labute approximate surface area is 218 Å². The second-order valence-corrected chi connectivity index (χ2v) is 9.48. The van der Waals surface area contributed by atoms with Crippen molar-refractivity contribution in [3.63, 3.8) is 0 Å². The molecule has 0 fully saturated rings. The summed E-state index contributed by atoms with van der Waals surface area (Å²) in [4.78, 5) is 28.9. The number of nitrogens with zero attached hydrogens (tertiary/aromatic N) is 3. The molecule has 0 unspecified atom stereocenters. The van der Waals surface area contributed by atoms with Crippen LogP contribution in [0.1, 0.15) is 22.9 Å². The van der Waals surface area contributed by atoms with Crippen molar-refractivity contribution in [1.82, 2.24) is 15.1 Å². The molecular weight excluding hydrogens is 491 g/mol. The number of rotatable bonds is 6. The average Bonchev–Trinajstić information content (AvgIpc) is 3.16. The van der Waals surface area contributed by atoms with Crippen molar-refractivity contribution in [3.05, 3.63) is 102 Å². The van der Waals surface area contributed by atoms with Crippen molar-refractivity contribution >= 4 is 29.3 Å². The normalized spacial score (nSPS) is 15.2.